The SMILES string of the molecule is N[C@@](CO[C@H]1CN2CCC1CC2)(c1ccccc1)C1CC1. The second-order valence-electron chi connectivity index (χ2n) is 7.17. The van der Waals surface area contributed by atoms with E-state index in [1.165, 1.54) is 44.3 Å². The molecule has 0 amide bonds. The third-order valence-electron chi connectivity index (χ3n) is 5.75. The van der Waals surface area contributed by atoms with Gasteiger partial charge in [0.15, 0.2) is 0 Å². The summed E-state index contributed by atoms with van der Waals surface area (Å²) in [7, 11) is 0. The number of fused-ring (bicyclic) bond motifs is 3. The number of hydrogen-bond donors (Lipinski definition) is 1. The van der Waals surface area contributed by atoms with Crippen LogP contribution >= 0.6 is 0 Å². The van der Waals surface area contributed by atoms with Crippen LogP contribution in [0.3, 0.4) is 0 Å². The van der Waals surface area contributed by atoms with Gasteiger partial charge in [-0.1, -0.05) is 30.3 Å². The molecule has 0 aromatic heterocycles. The van der Waals surface area contributed by atoms with Crippen LogP contribution in [-0.2, 0) is 10.3 Å². The molecule has 2 atom stereocenters. The number of ether oxygens (including phenoxy) is 1. The van der Waals surface area contributed by atoms with Crippen LogP contribution in [0.15, 0.2) is 30.3 Å². The molecule has 0 unspecified atom stereocenters. The minimum Gasteiger partial charge on any atom is -0.374 e. The van der Waals surface area contributed by atoms with E-state index in [4.69, 9.17) is 10.5 Å². The minimum absolute atomic E-state index is 0.284. The summed E-state index contributed by atoms with van der Waals surface area (Å²) in [6.07, 6.45) is 5.50. The average molecular weight is 286 g/mol. The van der Waals surface area contributed by atoms with Gasteiger partial charge in [0.25, 0.3) is 0 Å². The first-order valence-electron chi connectivity index (χ1n) is 8.44. The van der Waals surface area contributed by atoms with Crippen molar-refractivity contribution in [3.8, 4) is 0 Å². The van der Waals surface area contributed by atoms with Crippen LogP contribution in [0, 0.1) is 11.8 Å². The molecule has 2 N–H and O–H groups in total. The molecule has 5 rings (SSSR count). The Labute approximate surface area is 127 Å². The minimum atomic E-state index is -0.284. The summed E-state index contributed by atoms with van der Waals surface area (Å²) in [5.41, 5.74) is 7.76. The predicted molar refractivity (Wildman–Crippen MR) is 83.9 cm³/mol. The second-order valence-corrected chi connectivity index (χ2v) is 7.17. The average Bonchev–Trinajstić information content (AvgIpc) is 3.40. The molecule has 1 saturated carbocycles. The smallest absolute Gasteiger partial charge is 0.0732 e. The lowest BCUT2D eigenvalue weighted by atomic mass is 9.84. The highest BCUT2D eigenvalue weighted by Gasteiger charge is 2.45. The second kappa shape index (κ2) is 5.38. The summed E-state index contributed by atoms with van der Waals surface area (Å²) in [6.45, 7) is 4.32. The Morgan fingerprint density at radius 3 is 2.38 bits per heavy atom. The zero-order valence-corrected chi connectivity index (χ0v) is 12.7. The summed E-state index contributed by atoms with van der Waals surface area (Å²) in [5, 5.41) is 0. The van der Waals surface area contributed by atoms with Crippen molar-refractivity contribution in [1.82, 2.24) is 4.90 Å². The maximum absolute atomic E-state index is 6.80. The number of benzene rings is 1. The van der Waals surface area contributed by atoms with E-state index in [0.717, 1.165) is 12.5 Å². The van der Waals surface area contributed by atoms with E-state index in [1.54, 1.807) is 0 Å². The molecule has 21 heavy (non-hydrogen) atoms. The third kappa shape index (κ3) is 2.63. The van der Waals surface area contributed by atoms with Crippen LogP contribution in [0.25, 0.3) is 0 Å². The normalized spacial score (nSPS) is 34.6. The van der Waals surface area contributed by atoms with Gasteiger partial charge >= 0.3 is 0 Å². The van der Waals surface area contributed by atoms with Gasteiger partial charge in [0, 0.05) is 6.54 Å². The van der Waals surface area contributed by atoms with Crippen LogP contribution in [-0.4, -0.2) is 37.2 Å². The summed E-state index contributed by atoms with van der Waals surface area (Å²) in [4.78, 5) is 2.54. The molecular formula is C18H26N2O. The molecule has 3 saturated heterocycles. The third-order valence-corrected chi connectivity index (χ3v) is 5.75. The van der Waals surface area contributed by atoms with Gasteiger partial charge in [-0.15, -0.1) is 0 Å². The molecule has 1 aliphatic carbocycles. The Balaban J connectivity index is 1.46. The van der Waals surface area contributed by atoms with Crippen molar-refractivity contribution in [1.29, 1.82) is 0 Å². The highest BCUT2D eigenvalue weighted by molar-refractivity contribution is 5.27. The molecule has 3 nitrogen and oxygen atoms in total. The first-order chi connectivity index (χ1) is 10.3. The van der Waals surface area contributed by atoms with Crippen molar-refractivity contribution in [3.63, 3.8) is 0 Å². The van der Waals surface area contributed by atoms with Gasteiger partial charge in [0.1, 0.15) is 0 Å². The van der Waals surface area contributed by atoms with Gasteiger partial charge in [-0.05, 0) is 56.2 Å². The summed E-state index contributed by atoms with van der Waals surface area (Å²) in [6, 6.07) is 10.6. The van der Waals surface area contributed by atoms with E-state index in [0.29, 0.717) is 18.6 Å². The lowest BCUT2D eigenvalue weighted by Crippen LogP contribution is -2.53. The van der Waals surface area contributed by atoms with E-state index in [9.17, 15) is 0 Å². The first-order valence-corrected chi connectivity index (χ1v) is 8.44. The van der Waals surface area contributed by atoms with Crippen LogP contribution in [0.2, 0.25) is 0 Å². The Kier molecular flexibility index (Phi) is 3.52. The maximum Gasteiger partial charge on any atom is 0.0732 e. The zero-order valence-electron chi connectivity index (χ0n) is 12.7. The fourth-order valence-electron chi connectivity index (χ4n) is 4.13. The van der Waals surface area contributed by atoms with Crippen LogP contribution in [0.5, 0.6) is 0 Å². The summed E-state index contributed by atoms with van der Waals surface area (Å²) >= 11 is 0. The quantitative estimate of drug-likeness (QED) is 0.903. The van der Waals surface area contributed by atoms with Gasteiger partial charge < -0.3 is 15.4 Å². The standard InChI is InChI=1S/C18H26N2O/c19-18(16-6-7-16,15-4-2-1-3-5-15)13-21-17-12-20-10-8-14(17)9-11-20/h1-5,14,16-17H,6-13,19H2/t17-,18-/m0/s1. The van der Waals surface area contributed by atoms with E-state index < -0.39 is 0 Å². The Morgan fingerprint density at radius 2 is 1.81 bits per heavy atom. The van der Waals surface area contributed by atoms with Crippen molar-refractivity contribution >= 4 is 0 Å². The molecule has 1 aromatic rings. The fourth-order valence-corrected chi connectivity index (χ4v) is 4.13. The van der Waals surface area contributed by atoms with Crippen molar-refractivity contribution in [3.05, 3.63) is 35.9 Å². The lowest BCUT2D eigenvalue weighted by Gasteiger charge is -2.45. The Bertz CT molecular complexity index is 479. The molecule has 4 aliphatic rings. The fraction of sp³-hybridized carbons (Fsp3) is 0.667. The van der Waals surface area contributed by atoms with Gasteiger partial charge in [0.05, 0.1) is 18.2 Å². The predicted octanol–water partition coefficient (Wildman–Crippen LogP) is 2.36. The van der Waals surface area contributed by atoms with E-state index >= 15 is 0 Å². The molecule has 114 valence electrons. The topological polar surface area (TPSA) is 38.5 Å². The van der Waals surface area contributed by atoms with E-state index in [2.05, 4.69) is 35.2 Å². The largest absolute Gasteiger partial charge is 0.374 e. The highest BCUT2D eigenvalue weighted by atomic mass is 16.5. The lowest BCUT2D eigenvalue weighted by molar-refractivity contribution is -0.0855. The van der Waals surface area contributed by atoms with Crippen molar-refractivity contribution < 1.29 is 4.74 Å². The molecule has 0 radical (unpaired) electrons. The van der Waals surface area contributed by atoms with Crippen LogP contribution in [0.4, 0.5) is 0 Å². The summed E-state index contributed by atoms with van der Waals surface area (Å²) < 4.78 is 6.37. The summed E-state index contributed by atoms with van der Waals surface area (Å²) in [5.74, 6) is 1.36. The first kappa shape index (κ1) is 13.7. The van der Waals surface area contributed by atoms with Gasteiger partial charge in [-0.2, -0.15) is 0 Å². The molecular weight excluding hydrogens is 260 g/mol. The molecule has 3 aliphatic heterocycles. The van der Waals surface area contributed by atoms with Crippen LogP contribution in [0.1, 0.15) is 31.2 Å². The van der Waals surface area contributed by atoms with E-state index in [-0.39, 0.29) is 5.54 Å². The molecule has 4 fully saturated rings. The monoisotopic (exact) mass is 286 g/mol. The van der Waals surface area contributed by atoms with Crippen LogP contribution < -0.4 is 5.73 Å². The molecule has 3 heteroatoms. The molecule has 2 bridgehead atoms. The number of piperidine rings is 3. The van der Waals surface area contributed by atoms with Crippen molar-refractivity contribution in [2.24, 2.45) is 17.6 Å². The molecule has 0 spiro atoms. The number of hydrogen-bond acceptors (Lipinski definition) is 3. The van der Waals surface area contributed by atoms with Gasteiger partial charge in [-0.3, -0.25) is 0 Å². The van der Waals surface area contributed by atoms with Gasteiger partial charge in [-0.25, -0.2) is 0 Å². The Morgan fingerprint density at radius 1 is 1.10 bits per heavy atom. The zero-order chi connectivity index (χ0) is 14.3. The molecule has 1 aromatic carbocycles. The van der Waals surface area contributed by atoms with Crippen molar-refractivity contribution in [2.45, 2.75) is 37.3 Å². The number of rotatable bonds is 5. The molecule has 3 heterocycles. The maximum atomic E-state index is 6.80. The number of nitrogens with zero attached hydrogens (tertiary/aromatic N) is 1. The van der Waals surface area contributed by atoms with E-state index in [1.807, 2.05) is 0 Å². The van der Waals surface area contributed by atoms with Crippen molar-refractivity contribution in [2.75, 3.05) is 26.2 Å². The Hall–Kier alpha value is -0.900. The van der Waals surface area contributed by atoms with Gasteiger partial charge in [0.2, 0.25) is 0 Å². The highest BCUT2D eigenvalue weighted by Crippen LogP contribution is 2.44. The number of nitrogens with two attached hydrogens (primary N) is 1.